The van der Waals surface area contributed by atoms with Crippen molar-refractivity contribution in [3.05, 3.63) is 52.4 Å². The van der Waals surface area contributed by atoms with Gasteiger partial charge in [0, 0.05) is 31.9 Å². The molecule has 7 nitrogen and oxygen atoms in total. The van der Waals surface area contributed by atoms with Gasteiger partial charge >= 0.3 is 5.97 Å². The van der Waals surface area contributed by atoms with Gasteiger partial charge in [-0.3, -0.25) is 4.79 Å². The summed E-state index contributed by atoms with van der Waals surface area (Å²) in [4.78, 5) is 25.0. The van der Waals surface area contributed by atoms with Crippen molar-refractivity contribution in [2.75, 3.05) is 14.1 Å². The van der Waals surface area contributed by atoms with Gasteiger partial charge in [0.2, 0.25) is 15.6 Å². The molecule has 1 aromatic carbocycles. The monoisotopic (exact) mass is 322 g/mol. The lowest BCUT2D eigenvalue weighted by Crippen LogP contribution is -2.22. The second-order valence-electron chi connectivity index (χ2n) is 4.75. The predicted molar refractivity (Wildman–Crippen MR) is 80.3 cm³/mol. The van der Waals surface area contributed by atoms with Gasteiger partial charge in [-0.25, -0.2) is 17.5 Å². The fraction of sp³-hybridized carbons (Fsp3) is 0.143. The molecule has 2 N–H and O–H groups in total. The lowest BCUT2D eigenvalue weighted by molar-refractivity contribution is 0.0697. The number of sulfonamides is 1. The van der Waals surface area contributed by atoms with Crippen LogP contribution in [0.1, 0.15) is 10.4 Å². The molecule has 0 saturated heterocycles. The topological polar surface area (TPSA) is 108 Å². The molecule has 8 heteroatoms. The lowest BCUT2D eigenvalue weighted by Gasteiger charge is -2.13. The third kappa shape index (κ3) is 2.92. The number of nitrogens with zero attached hydrogens (tertiary/aromatic N) is 1. The van der Waals surface area contributed by atoms with Crippen LogP contribution in [0.2, 0.25) is 0 Å². The van der Waals surface area contributed by atoms with Crippen molar-refractivity contribution in [2.24, 2.45) is 0 Å². The first-order valence-electron chi connectivity index (χ1n) is 6.22. The van der Waals surface area contributed by atoms with Gasteiger partial charge in [0.05, 0.1) is 10.5 Å². The maximum absolute atomic E-state index is 12.1. The molecule has 2 rings (SSSR count). The molecule has 0 atom stereocenters. The van der Waals surface area contributed by atoms with E-state index in [0.29, 0.717) is 5.56 Å². The van der Waals surface area contributed by atoms with E-state index in [1.54, 1.807) is 6.07 Å². The van der Waals surface area contributed by atoms with E-state index in [0.717, 1.165) is 10.4 Å². The number of rotatable bonds is 4. The molecule has 2 aromatic rings. The molecular weight excluding hydrogens is 308 g/mol. The minimum Gasteiger partial charge on any atom is -0.478 e. The summed E-state index contributed by atoms with van der Waals surface area (Å²) >= 11 is 0. The van der Waals surface area contributed by atoms with Crippen molar-refractivity contribution in [3.63, 3.8) is 0 Å². The quantitative estimate of drug-likeness (QED) is 0.873. The molecule has 0 unspecified atom stereocenters. The van der Waals surface area contributed by atoms with E-state index in [1.165, 1.54) is 38.5 Å². The highest BCUT2D eigenvalue weighted by Gasteiger charge is 2.19. The van der Waals surface area contributed by atoms with Crippen LogP contribution in [0.15, 0.2) is 46.2 Å². The minimum absolute atomic E-state index is 0.0394. The molecule has 0 spiro atoms. The molecule has 0 bridgehead atoms. The Morgan fingerprint density at radius 1 is 1.23 bits per heavy atom. The number of aromatic nitrogens is 1. The minimum atomic E-state index is -3.63. The normalized spacial score (nSPS) is 11.6. The molecule has 0 fully saturated rings. The van der Waals surface area contributed by atoms with Crippen LogP contribution in [-0.2, 0) is 10.0 Å². The number of hydrogen-bond acceptors (Lipinski definition) is 4. The van der Waals surface area contributed by atoms with Crippen molar-refractivity contribution < 1.29 is 18.3 Å². The van der Waals surface area contributed by atoms with Crippen LogP contribution in [-0.4, -0.2) is 42.9 Å². The van der Waals surface area contributed by atoms with Crippen molar-refractivity contribution in [1.82, 2.24) is 9.29 Å². The molecule has 0 saturated carbocycles. The summed E-state index contributed by atoms with van der Waals surface area (Å²) in [7, 11) is -0.820. The maximum atomic E-state index is 12.1. The summed E-state index contributed by atoms with van der Waals surface area (Å²) in [6.07, 6.45) is 1.26. The average Bonchev–Trinajstić information content (AvgIpc) is 2.47. The smallest absolute Gasteiger partial charge is 0.336 e. The van der Waals surface area contributed by atoms with Gasteiger partial charge in [0.15, 0.2) is 0 Å². The van der Waals surface area contributed by atoms with Gasteiger partial charge in [0.25, 0.3) is 0 Å². The third-order valence-electron chi connectivity index (χ3n) is 3.08. The number of carbonyl (C=O) groups is 1. The number of benzene rings is 1. The Labute approximate surface area is 126 Å². The average molecular weight is 322 g/mol. The number of H-pyrrole nitrogens is 1. The summed E-state index contributed by atoms with van der Waals surface area (Å²) in [6, 6.07) is 6.85. The largest absolute Gasteiger partial charge is 0.478 e. The lowest BCUT2D eigenvalue weighted by atomic mass is 10.0. The maximum Gasteiger partial charge on any atom is 0.336 e. The summed E-state index contributed by atoms with van der Waals surface area (Å²) < 4.78 is 25.3. The summed E-state index contributed by atoms with van der Waals surface area (Å²) in [5.41, 5.74) is -0.110. The van der Waals surface area contributed by atoms with Crippen LogP contribution in [0.4, 0.5) is 0 Å². The van der Waals surface area contributed by atoms with E-state index in [4.69, 9.17) is 0 Å². The van der Waals surface area contributed by atoms with Gasteiger partial charge in [-0.1, -0.05) is 12.1 Å². The summed E-state index contributed by atoms with van der Waals surface area (Å²) in [6.45, 7) is 0. The highest BCUT2D eigenvalue weighted by Crippen LogP contribution is 2.25. The van der Waals surface area contributed by atoms with Crippen LogP contribution in [0.25, 0.3) is 11.1 Å². The highest BCUT2D eigenvalue weighted by molar-refractivity contribution is 7.89. The Bertz CT molecular complexity index is 884. The Morgan fingerprint density at radius 3 is 2.50 bits per heavy atom. The van der Waals surface area contributed by atoms with E-state index in [-0.39, 0.29) is 16.0 Å². The summed E-state index contributed by atoms with van der Waals surface area (Å²) in [5, 5.41) is 9.19. The van der Waals surface area contributed by atoms with Gasteiger partial charge < -0.3 is 10.1 Å². The zero-order valence-electron chi connectivity index (χ0n) is 11.9. The van der Waals surface area contributed by atoms with Crippen molar-refractivity contribution in [3.8, 4) is 11.1 Å². The van der Waals surface area contributed by atoms with Crippen molar-refractivity contribution >= 4 is 16.0 Å². The van der Waals surface area contributed by atoms with Crippen LogP contribution in [0, 0.1) is 0 Å². The predicted octanol–water partition coefficient (Wildman–Crippen LogP) is 0.990. The van der Waals surface area contributed by atoms with Gasteiger partial charge in [-0.05, 0) is 17.7 Å². The van der Waals surface area contributed by atoms with Crippen molar-refractivity contribution in [2.45, 2.75) is 4.90 Å². The first-order valence-corrected chi connectivity index (χ1v) is 7.66. The van der Waals surface area contributed by atoms with Gasteiger partial charge in [0.1, 0.15) is 0 Å². The number of carboxylic acid groups (broad SMARTS) is 1. The number of hydrogen-bond donors (Lipinski definition) is 2. The number of aromatic amines is 1. The highest BCUT2D eigenvalue weighted by atomic mass is 32.2. The number of aromatic carboxylic acids is 1. The molecule has 1 heterocycles. The fourth-order valence-corrected chi connectivity index (χ4v) is 2.87. The molecule has 0 radical (unpaired) electrons. The van der Waals surface area contributed by atoms with E-state index in [2.05, 4.69) is 4.98 Å². The molecule has 0 aliphatic carbocycles. The molecule has 116 valence electrons. The van der Waals surface area contributed by atoms with E-state index >= 15 is 0 Å². The van der Waals surface area contributed by atoms with Crippen LogP contribution >= 0.6 is 0 Å². The van der Waals surface area contributed by atoms with Crippen LogP contribution < -0.4 is 5.56 Å². The third-order valence-corrected chi connectivity index (χ3v) is 4.89. The number of pyridine rings is 1. The standard InChI is InChI=1S/C14H14N2O5S/c1-16(2)22(20,21)10-5-3-4-9(6-10)12-8-15-13(17)7-11(12)14(18)19/h3-8H,1-2H3,(H,15,17)(H,18,19). The Kier molecular flexibility index (Phi) is 4.16. The first kappa shape index (κ1) is 15.9. The fourth-order valence-electron chi connectivity index (χ4n) is 1.92. The van der Waals surface area contributed by atoms with E-state index < -0.39 is 21.6 Å². The molecule has 22 heavy (non-hydrogen) atoms. The number of carboxylic acids is 1. The molecule has 0 aliphatic rings. The Hall–Kier alpha value is -2.45. The molecule has 0 aliphatic heterocycles. The number of nitrogens with one attached hydrogen (secondary N) is 1. The van der Waals surface area contributed by atoms with Gasteiger partial charge in [-0.2, -0.15) is 0 Å². The molecular formula is C14H14N2O5S. The van der Waals surface area contributed by atoms with Crippen LogP contribution in [0.5, 0.6) is 0 Å². The molecule has 0 amide bonds. The second-order valence-corrected chi connectivity index (χ2v) is 6.90. The Morgan fingerprint density at radius 2 is 1.91 bits per heavy atom. The SMILES string of the molecule is CN(C)S(=O)(=O)c1cccc(-c2c[nH]c(=O)cc2C(=O)O)c1. The molecule has 1 aromatic heterocycles. The van der Waals surface area contributed by atoms with E-state index in [1.807, 2.05) is 0 Å². The van der Waals surface area contributed by atoms with E-state index in [9.17, 15) is 23.1 Å². The zero-order valence-corrected chi connectivity index (χ0v) is 12.7. The van der Waals surface area contributed by atoms with Crippen molar-refractivity contribution in [1.29, 1.82) is 0 Å². The zero-order chi connectivity index (χ0) is 16.5. The Balaban J connectivity index is 2.66. The van der Waals surface area contributed by atoms with Crippen LogP contribution in [0.3, 0.4) is 0 Å². The first-order chi connectivity index (χ1) is 10.2. The summed E-state index contributed by atoms with van der Waals surface area (Å²) in [5.74, 6) is -1.26. The second kappa shape index (κ2) is 5.74. The van der Waals surface area contributed by atoms with Gasteiger partial charge in [-0.15, -0.1) is 0 Å².